The van der Waals surface area contributed by atoms with Crippen molar-refractivity contribution in [3.63, 3.8) is 0 Å². The van der Waals surface area contributed by atoms with Crippen LogP contribution in [0.4, 0.5) is 0 Å². The van der Waals surface area contributed by atoms with Crippen LogP contribution in [0.2, 0.25) is 0 Å². The summed E-state index contributed by atoms with van der Waals surface area (Å²) in [5.41, 5.74) is 0. The van der Waals surface area contributed by atoms with E-state index < -0.39 is 19.9 Å². The largest absolute Gasteiger partial charge is 0.756 e. The second-order valence-electron chi connectivity index (χ2n) is 17.2. The van der Waals surface area contributed by atoms with Crippen molar-refractivity contribution in [2.24, 2.45) is 0 Å². The quantitative estimate of drug-likeness (QED) is 0.0151. The molecule has 0 aromatic rings. The number of nitrogens with zero attached hydrogens (tertiary/aromatic N) is 1. The van der Waals surface area contributed by atoms with Crippen LogP contribution in [0.5, 0.6) is 0 Å². The molecule has 336 valence electrons. The van der Waals surface area contributed by atoms with Gasteiger partial charge in [0.15, 0.2) is 6.10 Å². The topological polar surface area (TPSA) is 94.1 Å². The maximum absolute atomic E-state index is 12.7. The molecule has 0 fully saturated rings. The summed E-state index contributed by atoms with van der Waals surface area (Å²) in [7, 11) is 1.30. The molecule has 0 aromatic carbocycles. The van der Waals surface area contributed by atoms with E-state index in [1.807, 2.05) is 27.2 Å². The van der Waals surface area contributed by atoms with Gasteiger partial charge in [0.2, 0.25) is 0 Å². The first-order valence-electron chi connectivity index (χ1n) is 23.8. The molecular formula is C48H92NO7P. The van der Waals surface area contributed by atoms with Gasteiger partial charge in [0.05, 0.1) is 34.0 Å². The number of ether oxygens (including phenoxy) is 2. The van der Waals surface area contributed by atoms with Gasteiger partial charge in [0.25, 0.3) is 7.82 Å². The summed E-state index contributed by atoms with van der Waals surface area (Å²) in [5, 5.41) is 0. The van der Waals surface area contributed by atoms with Crippen molar-refractivity contribution in [2.45, 2.75) is 219 Å². The number of phosphoric acid groups is 1. The first kappa shape index (κ1) is 55.6. The number of rotatable bonds is 44. The third kappa shape index (κ3) is 45.5. The number of unbranched alkanes of at least 4 members (excludes halogenated alkanes) is 26. The fourth-order valence-corrected chi connectivity index (χ4v) is 7.28. The lowest BCUT2D eigenvalue weighted by atomic mass is 10.0. The smallest absolute Gasteiger partial charge is 0.306 e. The number of phosphoric ester groups is 1. The van der Waals surface area contributed by atoms with Gasteiger partial charge in [0, 0.05) is 6.42 Å². The Bertz CT molecular complexity index is 1010. The van der Waals surface area contributed by atoms with Crippen LogP contribution in [-0.4, -0.2) is 64.1 Å². The molecule has 0 rings (SSSR count). The number of allylic oxidation sites excluding steroid dienone is 5. The maximum atomic E-state index is 12.7. The second kappa shape index (κ2) is 41.3. The van der Waals surface area contributed by atoms with Crippen LogP contribution in [0.15, 0.2) is 36.6 Å². The zero-order chi connectivity index (χ0) is 42.0. The molecule has 0 spiro atoms. The summed E-state index contributed by atoms with van der Waals surface area (Å²) in [6.45, 7) is 4.71. The Hall–Kier alpha value is -1.44. The van der Waals surface area contributed by atoms with Gasteiger partial charge in [-0.2, -0.15) is 0 Å². The van der Waals surface area contributed by atoms with E-state index in [1.54, 1.807) is 6.26 Å². The van der Waals surface area contributed by atoms with Crippen LogP contribution in [0.25, 0.3) is 0 Å². The minimum absolute atomic E-state index is 0.00532. The van der Waals surface area contributed by atoms with Crippen molar-refractivity contribution >= 4 is 13.8 Å². The Morgan fingerprint density at radius 2 is 0.982 bits per heavy atom. The first-order valence-corrected chi connectivity index (χ1v) is 25.2. The lowest BCUT2D eigenvalue weighted by Gasteiger charge is -2.28. The van der Waals surface area contributed by atoms with Crippen LogP contribution in [0, 0.1) is 0 Å². The summed E-state index contributed by atoms with van der Waals surface area (Å²) in [5.74, 6) is -0.398. The van der Waals surface area contributed by atoms with Gasteiger partial charge >= 0.3 is 5.97 Å². The van der Waals surface area contributed by atoms with Crippen molar-refractivity contribution < 1.29 is 37.3 Å². The molecule has 0 aliphatic carbocycles. The monoisotopic (exact) mass is 826 g/mol. The Labute approximate surface area is 353 Å². The molecule has 1 unspecified atom stereocenters. The summed E-state index contributed by atoms with van der Waals surface area (Å²) < 4.78 is 34.3. The third-order valence-corrected chi connectivity index (χ3v) is 11.2. The molecule has 0 N–H and O–H groups in total. The molecular weight excluding hydrogens is 734 g/mol. The molecule has 0 aromatic heterocycles. The summed E-state index contributed by atoms with van der Waals surface area (Å²) in [6.07, 6.45) is 49.8. The average Bonchev–Trinajstić information content (AvgIpc) is 3.16. The van der Waals surface area contributed by atoms with Gasteiger partial charge < -0.3 is 27.9 Å². The molecule has 0 aliphatic rings. The predicted octanol–water partition coefficient (Wildman–Crippen LogP) is 13.9. The van der Waals surface area contributed by atoms with E-state index in [4.69, 9.17) is 18.5 Å². The van der Waals surface area contributed by atoms with Gasteiger partial charge in [-0.15, -0.1) is 0 Å². The molecule has 9 heteroatoms. The van der Waals surface area contributed by atoms with Gasteiger partial charge in [-0.1, -0.05) is 186 Å². The lowest BCUT2D eigenvalue weighted by molar-refractivity contribution is -0.870. The van der Waals surface area contributed by atoms with Crippen molar-refractivity contribution in [1.82, 2.24) is 0 Å². The lowest BCUT2D eigenvalue weighted by Crippen LogP contribution is -2.37. The normalized spacial score (nSPS) is 13.9. The Morgan fingerprint density at radius 1 is 0.561 bits per heavy atom. The van der Waals surface area contributed by atoms with Crippen molar-refractivity contribution in [3.8, 4) is 0 Å². The minimum Gasteiger partial charge on any atom is -0.756 e. The van der Waals surface area contributed by atoms with Crippen molar-refractivity contribution in [3.05, 3.63) is 36.6 Å². The molecule has 0 saturated carbocycles. The molecule has 0 radical (unpaired) electrons. The van der Waals surface area contributed by atoms with E-state index >= 15 is 0 Å². The number of quaternary nitrogens is 1. The van der Waals surface area contributed by atoms with Crippen LogP contribution in [0.1, 0.15) is 213 Å². The van der Waals surface area contributed by atoms with Gasteiger partial charge in [-0.3, -0.25) is 9.36 Å². The zero-order valence-corrected chi connectivity index (χ0v) is 38.9. The minimum atomic E-state index is -4.55. The number of carbonyl (C=O) groups excluding carboxylic acids is 1. The van der Waals surface area contributed by atoms with Gasteiger partial charge in [-0.05, 0) is 51.0 Å². The Balaban J connectivity index is 4.29. The molecule has 0 aliphatic heterocycles. The van der Waals surface area contributed by atoms with Crippen LogP contribution in [-0.2, 0) is 27.9 Å². The highest BCUT2D eigenvalue weighted by Gasteiger charge is 2.20. The van der Waals surface area contributed by atoms with Gasteiger partial charge in [0.1, 0.15) is 19.8 Å². The average molecular weight is 826 g/mol. The van der Waals surface area contributed by atoms with Crippen LogP contribution in [0.3, 0.4) is 0 Å². The molecule has 0 heterocycles. The standard InChI is InChI=1S/C48H92NO7P/c1-6-8-10-12-14-16-18-20-22-24-26-28-30-32-34-36-38-40-43-53-45-47(46-55-57(51,52)54-44-42-49(3,4)5)56-48(50)41-39-37-35-33-31-29-27-25-23-21-19-17-15-13-11-9-7-2/h27,29,33,35,40,43,47H,6-26,28,30-32,34,36-39,41-42,44-46H2,1-5H3/b29-27+,35-33+,43-40+/t47-/m1/s1. The van der Waals surface area contributed by atoms with E-state index in [9.17, 15) is 14.3 Å². The molecule has 2 atom stereocenters. The molecule has 0 amide bonds. The van der Waals surface area contributed by atoms with Crippen molar-refractivity contribution in [2.75, 3.05) is 47.5 Å². The predicted molar refractivity (Wildman–Crippen MR) is 240 cm³/mol. The molecule has 0 bridgehead atoms. The number of esters is 1. The first-order chi connectivity index (χ1) is 27.6. The second-order valence-corrected chi connectivity index (χ2v) is 18.6. The number of likely N-dealkylation sites (N-methyl/N-ethyl adjacent to an activating group) is 1. The maximum Gasteiger partial charge on any atom is 0.306 e. The highest BCUT2D eigenvalue weighted by molar-refractivity contribution is 7.45. The third-order valence-electron chi connectivity index (χ3n) is 10.3. The van der Waals surface area contributed by atoms with E-state index in [0.29, 0.717) is 17.4 Å². The summed E-state index contributed by atoms with van der Waals surface area (Å²) >= 11 is 0. The van der Waals surface area contributed by atoms with E-state index in [-0.39, 0.29) is 26.2 Å². The molecule has 57 heavy (non-hydrogen) atoms. The molecule has 8 nitrogen and oxygen atoms in total. The van der Waals surface area contributed by atoms with E-state index in [2.05, 4.69) is 38.2 Å². The Morgan fingerprint density at radius 3 is 1.44 bits per heavy atom. The fourth-order valence-electron chi connectivity index (χ4n) is 6.55. The highest BCUT2D eigenvalue weighted by Crippen LogP contribution is 2.38. The fraction of sp³-hybridized carbons (Fsp3) is 0.854. The zero-order valence-electron chi connectivity index (χ0n) is 38.0. The Kier molecular flexibility index (Phi) is 40.3. The van der Waals surface area contributed by atoms with E-state index in [1.165, 1.54) is 154 Å². The number of carbonyl (C=O) groups is 1. The van der Waals surface area contributed by atoms with E-state index in [0.717, 1.165) is 32.1 Å². The number of hydrogen-bond acceptors (Lipinski definition) is 7. The summed E-state index contributed by atoms with van der Waals surface area (Å²) in [6, 6.07) is 0. The SMILES string of the molecule is CCCCCCCCCCC/C=C/C/C=C/CCCC(=O)O[C@H](CO/C=C/CCCCCCCCCCCCCCCCCC)COP(=O)([O-])OCC[N+](C)(C)C. The number of hydrogen-bond donors (Lipinski definition) is 0. The van der Waals surface area contributed by atoms with Crippen LogP contribution >= 0.6 is 7.82 Å². The molecule has 0 saturated heterocycles. The van der Waals surface area contributed by atoms with Crippen LogP contribution < -0.4 is 4.89 Å². The van der Waals surface area contributed by atoms with Crippen molar-refractivity contribution in [1.29, 1.82) is 0 Å². The highest BCUT2D eigenvalue weighted by atomic mass is 31.2. The van der Waals surface area contributed by atoms with Gasteiger partial charge in [-0.25, -0.2) is 0 Å². The summed E-state index contributed by atoms with van der Waals surface area (Å²) in [4.78, 5) is 25.0.